The van der Waals surface area contributed by atoms with Crippen LogP contribution in [0.3, 0.4) is 0 Å². The van der Waals surface area contributed by atoms with Crippen molar-refractivity contribution in [3.05, 3.63) is 0 Å². The van der Waals surface area contributed by atoms with E-state index >= 15 is 0 Å². The van der Waals surface area contributed by atoms with E-state index in [2.05, 4.69) is 0 Å². The van der Waals surface area contributed by atoms with Gasteiger partial charge in [0.25, 0.3) is 0 Å². The summed E-state index contributed by atoms with van der Waals surface area (Å²) in [6, 6.07) is 0. The van der Waals surface area contributed by atoms with Gasteiger partial charge in [-0.1, -0.05) is 13.3 Å². The smallest absolute Gasteiger partial charge is 0.309 e. The number of hydrogen-bond acceptors (Lipinski definition) is 6. The largest absolute Gasteiger partial charge is 0.463 e. The topological polar surface area (TPSA) is 77.7 Å². The predicted molar refractivity (Wildman–Crippen MR) is 69.0 cm³/mol. The Balaban J connectivity index is 1.63. The van der Waals surface area contributed by atoms with Crippen molar-refractivity contribution in [3.63, 3.8) is 0 Å². The molecule has 3 unspecified atom stereocenters. The van der Waals surface area contributed by atoms with Gasteiger partial charge in [0.2, 0.25) is 0 Å². The van der Waals surface area contributed by atoms with Crippen LogP contribution in [0, 0.1) is 5.92 Å². The summed E-state index contributed by atoms with van der Waals surface area (Å²) in [7, 11) is 0. The van der Waals surface area contributed by atoms with Crippen LogP contribution in [0.2, 0.25) is 0 Å². The standard InChI is InChI=1S/C14H22O6/c1-2-3-10(14(16)20-9-12-7-18-12)4-5-13(15)19-8-11-6-17-11/h10-12H,2-9H2,1H3. The lowest BCUT2D eigenvalue weighted by molar-refractivity contribution is -0.150. The number of carbonyl (C=O) groups is 2. The van der Waals surface area contributed by atoms with Crippen molar-refractivity contribution in [2.75, 3.05) is 26.4 Å². The maximum absolute atomic E-state index is 11.9. The Hall–Kier alpha value is -1.14. The Bertz CT molecular complexity index is 335. The molecule has 114 valence electrons. The minimum Gasteiger partial charge on any atom is -0.463 e. The van der Waals surface area contributed by atoms with E-state index in [1.54, 1.807) is 0 Å². The Morgan fingerprint density at radius 2 is 1.70 bits per heavy atom. The summed E-state index contributed by atoms with van der Waals surface area (Å²) in [5.41, 5.74) is 0. The van der Waals surface area contributed by atoms with Crippen LogP contribution < -0.4 is 0 Å². The second kappa shape index (κ2) is 7.59. The normalized spacial score (nSPS) is 24.9. The van der Waals surface area contributed by atoms with E-state index in [0.29, 0.717) is 32.8 Å². The van der Waals surface area contributed by atoms with Crippen molar-refractivity contribution < 1.29 is 28.5 Å². The number of epoxide rings is 2. The average molecular weight is 286 g/mol. The van der Waals surface area contributed by atoms with Gasteiger partial charge in [0.15, 0.2) is 0 Å². The summed E-state index contributed by atoms with van der Waals surface area (Å²) >= 11 is 0. The molecule has 6 heteroatoms. The highest BCUT2D eigenvalue weighted by molar-refractivity contribution is 5.74. The molecule has 0 radical (unpaired) electrons. The second-order valence-electron chi connectivity index (χ2n) is 5.25. The molecule has 0 aromatic carbocycles. The lowest BCUT2D eigenvalue weighted by Crippen LogP contribution is -2.21. The third-order valence-corrected chi connectivity index (χ3v) is 3.31. The van der Waals surface area contributed by atoms with Crippen LogP contribution in [-0.2, 0) is 28.5 Å². The third kappa shape index (κ3) is 5.88. The van der Waals surface area contributed by atoms with Crippen LogP contribution in [0.1, 0.15) is 32.6 Å². The van der Waals surface area contributed by atoms with Crippen LogP contribution in [0.15, 0.2) is 0 Å². The van der Waals surface area contributed by atoms with Gasteiger partial charge in [-0.25, -0.2) is 0 Å². The summed E-state index contributed by atoms with van der Waals surface area (Å²) in [6.45, 7) is 3.99. The highest BCUT2D eigenvalue weighted by atomic mass is 16.6. The maximum Gasteiger partial charge on any atom is 0.309 e. The lowest BCUT2D eigenvalue weighted by Gasteiger charge is -2.14. The molecule has 0 N–H and O–H groups in total. The van der Waals surface area contributed by atoms with Crippen molar-refractivity contribution in [2.45, 2.75) is 44.8 Å². The van der Waals surface area contributed by atoms with E-state index < -0.39 is 0 Å². The fourth-order valence-corrected chi connectivity index (χ4v) is 1.90. The minimum absolute atomic E-state index is 0.0738. The van der Waals surface area contributed by atoms with Gasteiger partial charge in [0, 0.05) is 6.42 Å². The predicted octanol–water partition coefficient (Wildman–Crippen LogP) is 1.07. The van der Waals surface area contributed by atoms with Gasteiger partial charge in [-0.15, -0.1) is 0 Å². The second-order valence-corrected chi connectivity index (χ2v) is 5.25. The van der Waals surface area contributed by atoms with Crippen LogP contribution in [0.25, 0.3) is 0 Å². The van der Waals surface area contributed by atoms with Crippen molar-refractivity contribution in [3.8, 4) is 0 Å². The van der Waals surface area contributed by atoms with Crippen LogP contribution in [0.5, 0.6) is 0 Å². The first-order valence-corrected chi connectivity index (χ1v) is 7.24. The zero-order valence-electron chi connectivity index (χ0n) is 11.8. The SMILES string of the molecule is CCCC(CCC(=O)OCC1CO1)C(=O)OCC1CO1. The van der Waals surface area contributed by atoms with Gasteiger partial charge in [-0.3, -0.25) is 9.59 Å². The van der Waals surface area contributed by atoms with Crippen molar-refractivity contribution in [1.82, 2.24) is 0 Å². The van der Waals surface area contributed by atoms with Gasteiger partial charge in [0.05, 0.1) is 19.1 Å². The molecule has 2 fully saturated rings. The molecule has 2 saturated heterocycles. The van der Waals surface area contributed by atoms with Crippen molar-refractivity contribution >= 4 is 11.9 Å². The molecule has 2 heterocycles. The van der Waals surface area contributed by atoms with Gasteiger partial charge in [0.1, 0.15) is 25.4 Å². The number of hydrogen-bond donors (Lipinski definition) is 0. The molecule has 0 aromatic heterocycles. The quantitative estimate of drug-likeness (QED) is 0.441. The molecule has 0 amide bonds. The minimum atomic E-state index is -0.278. The number of carbonyl (C=O) groups excluding carboxylic acids is 2. The molecule has 6 nitrogen and oxygen atoms in total. The monoisotopic (exact) mass is 286 g/mol. The van der Waals surface area contributed by atoms with E-state index in [-0.39, 0.29) is 36.5 Å². The van der Waals surface area contributed by atoms with E-state index in [1.165, 1.54) is 0 Å². The Morgan fingerprint density at radius 1 is 1.10 bits per heavy atom. The van der Waals surface area contributed by atoms with E-state index in [0.717, 1.165) is 12.8 Å². The first-order valence-electron chi connectivity index (χ1n) is 7.24. The molecule has 0 spiro atoms. The molecular weight excluding hydrogens is 264 g/mol. The fraction of sp³-hybridized carbons (Fsp3) is 0.857. The zero-order valence-corrected chi connectivity index (χ0v) is 11.8. The molecule has 2 aliphatic rings. The molecule has 2 aliphatic heterocycles. The van der Waals surface area contributed by atoms with Crippen molar-refractivity contribution in [2.24, 2.45) is 5.92 Å². The molecule has 0 aliphatic carbocycles. The first kappa shape index (κ1) is 15.3. The van der Waals surface area contributed by atoms with Gasteiger partial charge in [-0.05, 0) is 12.8 Å². The summed E-state index contributed by atoms with van der Waals surface area (Å²) in [5, 5.41) is 0. The summed E-state index contributed by atoms with van der Waals surface area (Å²) in [5.74, 6) is -0.746. The molecule has 3 atom stereocenters. The Labute approximate surface area is 118 Å². The fourth-order valence-electron chi connectivity index (χ4n) is 1.90. The Kier molecular flexibility index (Phi) is 5.79. The van der Waals surface area contributed by atoms with Crippen LogP contribution in [0.4, 0.5) is 0 Å². The van der Waals surface area contributed by atoms with Gasteiger partial charge >= 0.3 is 11.9 Å². The summed E-state index contributed by atoms with van der Waals surface area (Å²) < 4.78 is 20.2. The van der Waals surface area contributed by atoms with Crippen molar-refractivity contribution in [1.29, 1.82) is 0 Å². The highest BCUT2D eigenvalue weighted by Crippen LogP contribution is 2.18. The van der Waals surface area contributed by atoms with E-state index in [1.807, 2.05) is 6.92 Å². The molecular formula is C14H22O6. The summed E-state index contributed by atoms with van der Waals surface area (Å²) in [6.07, 6.45) is 2.47. The van der Waals surface area contributed by atoms with E-state index in [4.69, 9.17) is 18.9 Å². The van der Waals surface area contributed by atoms with E-state index in [9.17, 15) is 9.59 Å². The molecule has 0 saturated carbocycles. The maximum atomic E-state index is 11.9. The number of ether oxygens (including phenoxy) is 4. The van der Waals surface area contributed by atoms with Crippen LogP contribution in [-0.4, -0.2) is 50.6 Å². The third-order valence-electron chi connectivity index (χ3n) is 3.31. The first-order chi connectivity index (χ1) is 9.69. The number of esters is 2. The highest BCUT2D eigenvalue weighted by Gasteiger charge is 2.28. The number of rotatable bonds is 10. The summed E-state index contributed by atoms with van der Waals surface area (Å²) in [4.78, 5) is 23.4. The lowest BCUT2D eigenvalue weighted by atomic mass is 9.98. The Morgan fingerprint density at radius 3 is 2.25 bits per heavy atom. The molecule has 0 aromatic rings. The molecule has 20 heavy (non-hydrogen) atoms. The van der Waals surface area contributed by atoms with Crippen LogP contribution >= 0.6 is 0 Å². The zero-order chi connectivity index (χ0) is 14.4. The average Bonchev–Trinajstić information content (AvgIpc) is 3.31. The molecule has 0 bridgehead atoms. The molecule has 2 rings (SSSR count). The van der Waals surface area contributed by atoms with Gasteiger partial charge < -0.3 is 18.9 Å². The van der Waals surface area contributed by atoms with Gasteiger partial charge in [-0.2, -0.15) is 0 Å².